The van der Waals surface area contributed by atoms with Gasteiger partial charge in [0.2, 0.25) is 0 Å². The van der Waals surface area contributed by atoms with Crippen LogP contribution < -0.4 is 5.73 Å². The summed E-state index contributed by atoms with van der Waals surface area (Å²) >= 11 is 0. The Morgan fingerprint density at radius 1 is 1.33 bits per heavy atom. The highest BCUT2D eigenvalue weighted by atomic mass is 15.3. The molecule has 0 aliphatic rings. The van der Waals surface area contributed by atoms with E-state index in [-0.39, 0.29) is 0 Å². The van der Waals surface area contributed by atoms with Crippen LogP contribution in [0.4, 0.5) is 5.82 Å². The van der Waals surface area contributed by atoms with E-state index in [1.54, 1.807) is 10.7 Å². The van der Waals surface area contributed by atoms with E-state index in [1.807, 2.05) is 12.3 Å². The average molecular weight is 245 g/mol. The zero-order valence-corrected chi connectivity index (χ0v) is 11.1. The van der Waals surface area contributed by atoms with Crippen molar-refractivity contribution in [1.29, 1.82) is 0 Å². The third kappa shape index (κ3) is 2.67. The Bertz CT molecular complexity index is 530. The topological polar surface area (TPSA) is 69.6 Å². The lowest BCUT2D eigenvalue weighted by Gasteiger charge is -2.05. The standard InChI is InChI=1S/C13H19N5/c1-4-5-12-15-11(14)8-13(16-12)18-7-6-10(17-18)9(2)3/h6-9H,4-5H2,1-3H3,(H2,14,15,16). The number of hydrogen-bond donors (Lipinski definition) is 1. The maximum Gasteiger partial charge on any atom is 0.159 e. The maximum atomic E-state index is 5.80. The minimum atomic E-state index is 0.403. The molecule has 0 aromatic carbocycles. The van der Waals surface area contributed by atoms with Crippen LogP contribution in [-0.2, 0) is 6.42 Å². The first-order valence-corrected chi connectivity index (χ1v) is 6.29. The first kappa shape index (κ1) is 12.5. The summed E-state index contributed by atoms with van der Waals surface area (Å²) in [5.74, 6) is 2.40. The van der Waals surface area contributed by atoms with E-state index in [0.717, 1.165) is 30.2 Å². The number of anilines is 1. The van der Waals surface area contributed by atoms with Crippen LogP contribution in [0.2, 0.25) is 0 Å². The third-order valence-electron chi connectivity index (χ3n) is 2.69. The summed E-state index contributed by atoms with van der Waals surface area (Å²) in [6.07, 6.45) is 3.74. The van der Waals surface area contributed by atoms with Crippen molar-refractivity contribution in [2.24, 2.45) is 0 Å². The first-order chi connectivity index (χ1) is 8.60. The lowest BCUT2D eigenvalue weighted by molar-refractivity contribution is 0.744. The van der Waals surface area contributed by atoms with E-state index in [0.29, 0.717) is 11.7 Å². The normalized spacial score (nSPS) is 11.1. The number of nitrogens with zero attached hydrogens (tertiary/aromatic N) is 4. The lowest BCUT2D eigenvalue weighted by atomic mass is 10.1. The van der Waals surface area contributed by atoms with E-state index in [1.165, 1.54) is 0 Å². The molecule has 2 N–H and O–H groups in total. The summed E-state index contributed by atoms with van der Waals surface area (Å²) in [5.41, 5.74) is 6.85. The third-order valence-corrected chi connectivity index (χ3v) is 2.69. The molecule has 0 fully saturated rings. The Kier molecular flexibility index (Phi) is 3.60. The highest BCUT2D eigenvalue weighted by Gasteiger charge is 2.08. The lowest BCUT2D eigenvalue weighted by Crippen LogP contribution is -2.06. The minimum Gasteiger partial charge on any atom is -0.384 e. The van der Waals surface area contributed by atoms with Crippen LogP contribution in [-0.4, -0.2) is 19.7 Å². The van der Waals surface area contributed by atoms with Gasteiger partial charge in [0.25, 0.3) is 0 Å². The van der Waals surface area contributed by atoms with Gasteiger partial charge in [-0.1, -0.05) is 20.8 Å². The Morgan fingerprint density at radius 3 is 2.72 bits per heavy atom. The van der Waals surface area contributed by atoms with E-state index >= 15 is 0 Å². The van der Waals surface area contributed by atoms with Crippen molar-refractivity contribution < 1.29 is 0 Å². The summed E-state index contributed by atoms with van der Waals surface area (Å²) in [7, 11) is 0. The first-order valence-electron chi connectivity index (χ1n) is 6.29. The van der Waals surface area contributed by atoms with Crippen LogP contribution >= 0.6 is 0 Å². The molecule has 0 bridgehead atoms. The summed E-state index contributed by atoms with van der Waals surface area (Å²) in [6.45, 7) is 6.32. The van der Waals surface area contributed by atoms with Crippen molar-refractivity contribution in [2.45, 2.75) is 39.5 Å². The van der Waals surface area contributed by atoms with Crippen LogP contribution in [0.1, 0.15) is 44.6 Å². The molecular weight excluding hydrogens is 226 g/mol. The van der Waals surface area contributed by atoms with Gasteiger partial charge in [0.15, 0.2) is 5.82 Å². The van der Waals surface area contributed by atoms with Gasteiger partial charge in [-0.2, -0.15) is 5.10 Å². The van der Waals surface area contributed by atoms with Gasteiger partial charge in [-0.3, -0.25) is 0 Å². The highest BCUT2D eigenvalue weighted by molar-refractivity contribution is 5.37. The van der Waals surface area contributed by atoms with Crippen molar-refractivity contribution >= 4 is 5.82 Å². The largest absolute Gasteiger partial charge is 0.384 e. The molecule has 0 saturated heterocycles. The van der Waals surface area contributed by atoms with Gasteiger partial charge in [-0.05, 0) is 18.4 Å². The summed E-state index contributed by atoms with van der Waals surface area (Å²) in [6, 6.07) is 3.75. The number of rotatable bonds is 4. The zero-order chi connectivity index (χ0) is 13.1. The quantitative estimate of drug-likeness (QED) is 0.897. The number of nitrogens with two attached hydrogens (primary N) is 1. The fraction of sp³-hybridized carbons (Fsp3) is 0.462. The smallest absolute Gasteiger partial charge is 0.159 e. The Morgan fingerprint density at radius 2 is 2.11 bits per heavy atom. The van der Waals surface area contributed by atoms with Crippen molar-refractivity contribution in [3.05, 3.63) is 29.8 Å². The number of aromatic nitrogens is 4. The Labute approximate surface area is 107 Å². The van der Waals surface area contributed by atoms with Crippen molar-refractivity contribution in [3.8, 4) is 5.82 Å². The number of hydrogen-bond acceptors (Lipinski definition) is 4. The Balaban J connectivity index is 2.36. The van der Waals surface area contributed by atoms with Crippen LogP contribution in [0.25, 0.3) is 5.82 Å². The molecule has 0 spiro atoms. The van der Waals surface area contributed by atoms with Gasteiger partial charge >= 0.3 is 0 Å². The molecule has 2 aromatic heterocycles. The van der Waals surface area contributed by atoms with Crippen molar-refractivity contribution in [3.63, 3.8) is 0 Å². The predicted molar refractivity (Wildman–Crippen MR) is 71.7 cm³/mol. The van der Waals surface area contributed by atoms with E-state index in [2.05, 4.69) is 35.8 Å². The molecule has 0 aliphatic heterocycles. The van der Waals surface area contributed by atoms with E-state index < -0.39 is 0 Å². The molecule has 18 heavy (non-hydrogen) atoms. The molecule has 5 heteroatoms. The monoisotopic (exact) mass is 245 g/mol. The second kappa shape index (κ2) is 5.16. The molecule has 0 radical (unpaired) electrons. The molecule has 2 heterocycles. The summed E-state index contributed by atoms with van der Waals surface area (Å²) in [4.78, 5) is 8.69. The number of aryl methyl sites for hydroxylation is 1. The van der Waals surface area contributed by atoms with Crippen molar-refractivity contribution in [2.75, 3.05) is 5.73 Å². The summed E-state index contributed by atoms with van der Waals surface area (Å²) in [5, 5.41) is 4.49. The molecule has 0 saturated carbocycles. The zero-order valence-electron chi connectivity index (χ0n) is 11.1. The van der Waals surface area contributed by atoms with Gasteiger partial charge < -0.3 is 5.73 Å². The van der Waals surface area contributed by atoms with Gasteiger partial charge in [0.05, 0.1) is 5.69 Å². The summed E-state index contributed by atoms with van der Waals surface area (Å²) < 4.78 is 1.76. The SMILES string of the molecule is CCCc1nc(N)cc(-n2ccc(C(C)C)n2)n1. The van der Waals surface area contributed by atoms with Gasteiger partial charge in [-0.25, -0.2) is 14.6 Å². The molecule has 0 aliphatic carbocycles. The molecule has 0 atom stereocenters. The fourth-order valence-electron chi connectivity index (χ4n) is 1.73. The van der Waals surface area contributed by atoms with Crippen LogP contribution in [0, 0.1) is 0 Å². The molecule has 5 nitrogen and oxygen atoms in total. The van der Waals surface area contributed by atoms with Crippen LogP contribution in [0.5, 0.6) is 0 Å². The molecule has 2 aromatic rings. The van der Waals surface area contributed by atoms with Gasteiger partial charge in [0, 0.05) is 18.7 Å². The predicted octanol–water partition coefficient (Wildman–Crippen LogP) is 2.32. The minimum absolute atomic E-state index is 0.403. The average Bonchev–Trinajstić information content (AvgIpc) is 2.78. The fourth-order valence-corrected chi connectivity index (χ4v) is 1.73. The second-order valence-corrected chi connectivity index (χ2v) is 4.66. The van der Waals surface area contributed by atoms with Crippen LogP contribution in [0.15, 0.2) is 18.3 Å². The van der Waals surface area contributed by atoms with Gasteiger partial charge in [-0.15, -0.1) is 0 Å². The molecule has 0 unspecified atom stereocenters. The molecule has 0 amide bonds. The molecular formula is C13H19N5. The van der Waals surface area contributed by atoms with E-state index in [9.17, 15) is 0 Å². The van der Waals surface area contributed by atoms with Crippen molar-refractivity contribution in [1.82, 2.24) is 19.7 Å². The highest BCUT2D eigenvalue weighted by Crippen LogP contribution is 2.14. The van der Waals surface area contributed by atoms with E-state index in [4.69, 9.17) is 5.73 Å². The second-order valence-electron chi connectivity index (χ2n) is 4.66. The Hall–Kier alpha value is -1.91. The molecule has 2 rings (SSSR count). The number of nitrogen functional groups attached to an aromatic ring is 1. The molecule has 96 valence electrons. The van der Waals surface area contributed by atoms with Crippen LogP contribution in [0.3, 0.4) is 0 Å². The van der Waals surface area contributed by atoms with Gasteiger partial charge in [0.1, 0.15) is 11.6 Å². The maximum absolute atomic E-state index is 5.80.